The van der Waals surface area contributed by atoms with E-state index in [9.17, 15) is 14.7 Å². The average molecular weight is 603 g/mol. The van der Waals surface area contributed by atoms with E-state index >= 15 is 4.39 Å². The topological polar surface area (TPSA) is 98.7 Å². The van der Waals surface area contributed by atoms with Gasteiger partial charge in [0.15, 0.2) is 5.75 Å². The number of rotatable bonds is 5. The number of hydrogen-bond acceptors (Lipinski definition) is 8. The van der Waals surface area contributed by atoms with Gasteiger partial charge in [0.05, 0.1) is 30.9 Å². The summed E-state index contributed by atoms with van der Waals surface area (Å²) in [6.45, 7) is 6.51. The Morgan fingerprint density at radius 1 is 1.26 bits per heavy atom. The number of aromatic hydroxyl groups is 1. The van der Waals surface area contributed by atoms with Gasteiger partial charge in [0.25, 0.3) is 5.91 Å². The van der Waals surface area contributed by atoms with E-state index in [1.165, 1.54) is 29.2 Å². The highest BCUT2D eigenvalue weighted by Gasteiger charge is 2.47. The predicted octanol–water partition coefficient (Wildman–Crippen LogP) is 3.17. The number of phenols is 1. The number of aromatic nitrogens is 1. The number of phenolic OH excluding ortho intramolecular Hbond substituents is 1. The standard InChI is InChI=1S/C30H35ClFN5O5/c1-5-22(39)35-9-10-36-18(12-35)16-42-27-24(29(36)40)28(33-26(25(27)31)23-20(32)7-6-8-21(23)38)37-13-17(11-30(37,2)3)34(4)19-14-41-15-19/h5-8,17-19,38H,1,9-16H2,2-4H3/t17?,18-/m1/s1/i4D3. The number of amides is 2. The zero-order valence-corrected chi connectivity index (χ0v) is 24.2. The van der Waals surface area contributed by atoms with Crippen LogP contribution in [0.3, 0.4) is 0 Å². The van der Waals surface area contributed by atoms with Gasteiger partial charge in [-0.15, -0.1) is 0 Å². The van der Waals surface area contributed by atoms with Gasteiger partial charge in [-0.05, 0) is 45.5 Å². The lowest BCUT2D eigenvalue weighted by Gasteiger charge is -2.40. The molecule has 224 valence electrons. The molecule has 2 atom stereocenters. The molecular formula is C30H35ClFN5O5. The van der Waals surface area contributed by atoms with Crippen molar-refractivity contribution in [1.29, 1.82) is 0 Å². The fraction of sp³-hybridized carbons (Fsp3) is 0.500. The molecule has 0 radical (unpaired) electrons. The van der Waals surface area contributed by atoms with Gasteiger partial charge in [0.2, 0.25) is 5.91 Å². The Kier molecular flexibility index (Phi) is 6.40. The van der Waals surface area contributed by atoms with Crippen LogP contribution in [0.25, 0.3) is 11.3 Å². The number of carbonyl (C=O) groups excluding carboxylic acids is 2. The third-order valence-electron chi connectivity index (χ3n) is 8.69. The molecule has 42 heavy (non-hydrogen) atoms. The molecule has 1 N–H and O–H groups in total. The van der Waals surface area contributed by atoms with Crippen molar-refractivity contribution < 1.29 is 32.7 Å². The van der Waals surface area contributed by atoms with Crippen molar-refractivity contribution in [1.82, 2.24) is 19.7 Å². The lowest BCUT2D eigenvalue weighted by Crippen LogP contribution is -2.57. The Hall–Kier alpha value is -3.41. The summed E-state index contributed by atoms with van der Waals surface area (Å²) < 4.78 is 51.7. The minimum Gasteiger partial charge on any atom is -0.507 e. The quantitative estimate of drug-likeness (QED) is 0.521. The molecular weight excluding hydrogens is 565 g/mol. The molecule has 2 aromatic rings. The van der Waals surface area contributed by atoms with Crippen molar-refractivity contribution in [2.45, 2.75) is 43.9 Å². The number of likely N-dealkylation sites (N-methyl/N-ethyl adjacent to an activating group) is 1. The van der Waals surface area contributed by atoms with E-state index in [0.717, 1.165) is 0 Å². The monoisotopic (exact) mass is 602 g/mol. The molecule has 1 unspecified atom stereocenters. The Balaban J connectivity index is 1.50. The largest absolute Gasteiger partial charge is 0.507 e. The summed E-state index contributed by atoms with van der Waals surface area (Å²) in [6.07, 6.45) is 1.64. The maximum absolute atomic E-state index is 15.3. The molecule has 0 aliphatic carbocycles. The molecule has 4 aliphatic heterocycles. The first-order chi connectivity index (χ1) is 21.2. The highest BCUT2D eigenvalue weighted by atomic mass is 35.5. The molecule has 12 heteroatoms. The van der Waals surface area contributed by atoms with E-state index in [0.29, 0.717) is 19.6 Å². The third-order valence-corrected chi connectivity index (χ3v) is 9.04. The van der Waals surface area contributed by atoms with Crippen LogP contribution < -0.4 is 9.64 Å². The number of pyridine rings is 1. The number of anilines is 1. The number of ether oxygens (including phenoxy) is 2. The van der Waals surface area contributed by atoms with Crippen LogP contribution in [0.2, 0.25) is 5.02 Å². The molecule has 1 aromatic carbocycles. The molecule has 0 saturated carbocycles. The number of benzene rings is 1. The van der Waals surface area contributed by atoms with Crippen molar-refractivity contribution in [3.63, 3.8) is 0 Å². The molecule has 5 heterocycles. The number of nitrogens with zero attached hydrogens (tertiary/aromatic N) is 5. The van der Waals surface area contributed by atoms with Gasteiger partial charge in [-0.2, -0.15) is 0 Å². The van der Waals surface area contributed by atoms with Gasteiger partial charge in [-0.25, -0.2) is 9.37 Å². The summed E-state index contributed by atoms with van der Waals surface area (Å²) >= 11 is 6.87. The zero-order valence-electron chi connectivity index (χ0n) is 26.5. The molecule has 0 spiro atoms. The summed E-state index contributed by atoms with van der Waals surface area (Å²) in [4.78, 5) is 38.2. The maximum Gasteiger partial charge on any atom is 0.261 e. The maximum atomic E-state index is 15.3. The highest BCUT2D eigenvalue weighted by Crippen LogP contribution is 2.48. The predicted molar refractivity (Wildman–Crippen MR) is 156 cm³/mol. The van der Waals surface area contributed by atoms with Gasteiger partial charge in [0, 0.05) is 41.9 Å². The fourth-order valence-electron chi connectivity index (χ4n) is 6.33. The van der Waals surface area contributed by atoms with Crippen molar-refractivity contribution in [3.8, 4) is 22.8 Å². The zero-order chi connectivity index (χ0) is 32.4. The summed E-state index contributed by atoms with van der Waals surface area (Å²) in [5.74, 6) is -1.73. The summed E-state index contributed by atoms with van der Waals surface area (Å²) in [5, 5.41) is 10.6. The van der Waals surface area contributed by atoms with Crippen molar-refractivity contribution in [2.75, 3.05) is 57.9 Å². The molecule has 2 amide bonds. The van der Waals surface area contributed by atoms with Crippen molar-refractivity contribution in [3.05, 3.63) is 47.3 Å². The summed E-state index contributed by atoms with van der Waals surface area (Å²) in [6, 6.07) is 2.57. The number of halogens is 2. The van der Waals surface area contributed by atoms with E-state index in [1.54, 1.807) is 9.80 Å². The Bertz CT molecular complexity index is 1530. The fourth-order valence-corrected chi connectivity index (χ4v) is 6.62. The number of piperazine rings is 1. The van der Waals surface area contributed by atoms with Gasteiger partial charge in [-0.1, -0.05) is 24.2 Å². The van der Waals surface area contributed by atoms with E-state index in [4.69, 9.17) is 30.2 Å². The highest BCUT2D eigenvalue weighted by molar-refractivity contribution is 6.35. The number of hydrogen-bond donors (Lipinski definition) is 1. The summed E-state index contributed by atoms with van der Waals surface area (Å²) in [5.41, 5.74) is -1.03. The van der Waals surface area contributed by atoms with Gasteiger partial charge in [0.1, 0.15) is 40.3 Å². The second-order valence-electron chi connectivity index (χ2n) is 11.8. The lowest BCUT2D eigenvalue weighted by atomic mass is 9.98. The van der Waals surface area contributed by atoms with Crippen LogP contribution in [0.15, 0.2) is 30.9 Å². The van der Waals surface area contributed by atoms with Crippen LogP contribution in [-0.2, 0) is 9.53 Å². The van der Waals surface area contributed by atoms with Crippen LogP contribution >= 0.6 is 11.6 Å². The first-order valence-corrected chi connectivity index (χ1v) is 14.3. The first-order valence-electron chi connectivity index (χ1n) is 15.4. The van der Waals surface area contributed by atoms with Gasteiger partial charge >= 0.3 is 0 Å². The second kappa shape index (κ2) is 10.7. The van der Waals surface area contributed by atoms with E-state index < -0.39 is 42.1 Å². The molecule has 10 nitrogen and oxygen atoms in total. The van der Waals surface area contributed by atoms with Gasteiger partial charge in [-0.3, -0.25) is 14.5 Å². The van der Waals surface area contributed by atoms with Crippen LogP contribution in [-0.4, -0.2) is 113 Å². The van der Waals surface area contributed by atoms with Crippen LogP contribution in [0.5, 0.6) is 11.5 Å². The molecule has 3 saturated heterocycles. The Labute approximate surface area is 253 Å². The molecule has 0 bridgehead atoms. The number of fused-ring (bicyclic) bond motifs is 2. The van der Waals surface area contributed by atoms with Gasteiger partial charge < -0.3 is 29.3 Å². The van der Waals surface area contributed by atoms with Crippen LogP contribution in [0, 0.1) is 5.82 Å². The minimum atomic E-state index is -2.39. The van der Waals surface area contributed by atoms with E-state index in [1.807, 2.05) is 18.7 Å². The second-order valence-corrected chi connectivity index (χ2v) is 12.1. The summed E-state index contributed by atoms with van der Waals surface area (Å²) in [7, 11) is 0. The normalized spacial score (nSPS) is 25.0. The minimum absolute atomic E-state index is 0.00788. The smallest absolute Gasteiger partial charge is 0.261 e. The van der Waals surface area contributed by atoms with Crippen molar-refractivity contribution in [2.24, 2.45) is 0 Å². The Morgan fingerprint density at radius 3 is 2.71 bits per heavy atom. The number of carbonyl (C=O) groups is 2. The average Bonchev–Trinajstić information content (AvgIpc) is 3.18. The van der Waals surface area contributed by atoms with Crippen LogP contribution in [0.1, 0.15) is 34.7 Å². The molecule has 3 fully saturated rings. The Morgan fingerprint density at radius 2 is 2.05 bits per heavy atom. The SMILES string of the molecule is [2H]C([2H])([2H])N(C1COC1)C1CN(c2nc(-c3c(O)cccc3F)c(Cl)c3c2C(=O)N2CCN(C(=O)C=C)C[C@@H]2CO3)C(C)(C)C1. The lowest BCUT2D eigenvalue weighted by molar-refractivity contribution is -0.128. The third kappa shape index (κ3) is 4.67. The van der Waals surface area contributed by atoms with E-state index in [-0.39, 0.29) is 78.1 Å². The molecule has 6 rings (SSSR count). The van der Waals surface area contributed by atoms with Crippen molar-refractivity contribution >= 4 is 29.2 Å². The first kappa shape index (κ1) is 25.1. The molecule has 4 aliphatic rings. The molecule has 1 aromatic heterocycles. The van der Waals surface area contributed by atoms with Crippen LogP contribution in [0.4, 0.5) is 10.2 Å². The van der Waals surface area contributed by atoms with E-state index in [2.05, 4.69) is 6.58 Å².